The largest absolute Gasteiger partial charge is 0.348 e. The number of halogens is 1. The van der Waals surface area contributed by atoms with Crippen LogP contribution in [-0.2, 0) is 7.05 Å². The molecule has 4 rings (SSSR count). The number of benzene rings is 2. The van der Waals surface area contributed by atoms with Gasteiger partial charge < -0.3 is 4.57 Å². The summed E-state index contributed by atoms with van der Waals surface area (Å²) in [7, 11) is 1.87. The second-order valence-electron chi connectivity index (χ2n) is 6.80. The van der Waals surface area contributed by atoms with Gasteiger partial charge in [0.1, 0.15) is 11.9 Å². The van der Waals surface area contributed by atoms with Crippen LogP contribution in [0.5, 0.6) is 0 Å². The first-order valence-electron chi connectivity index (χ1n) is 8.76. The van der Waals surface area contributed by atoms with Crippen LogP contribution in [0.4, 0.5) is 10.1 Å². The van der Waals surface area contributed by atoms with E-state index in [1.165, 1.54) is 19.1 Å². The van der Waals surface area contributed by atoms with E-state index in [1.54, 1.807) is 17.0 Å². The molecular formula is C22H19FN2O2. The van der Waals surface area contributed by atoms with Crippen molar-refractivity contribution in [1.29, 1.82) is 0 Å². The molecule has 0 aliphatic carbocycles. The van der Waals surface area contributed by atoms with E-state index in [4.69, 9.17) is 0 Å². The summed E-state index contributed by atoms with van der Waals surface area (Å²) in [5.74, 6) is -0.732. The van der Waals surface area contributed by atoms with Gasteiger partial charge in [-0.3, -0.25) is 14.5 Å². The predicted octanol–water partition coefficient (Wildman–Crippen LogP) is 4.43. The number of rotatable bonds is 3. The lowest BCUT2D eigenvalue weighted by Gasteiger charge is -2.27. The Morgan fingerprint density at radius 3 is 2.26 bits per heavy atom. The summed E-state index contributed by atoms with van der Waals surface area (Å²) in [4.78, 5) is 27.3. The predicted molar refractivity (Wildman–Crippen MR) is 102 cm³/mol. The van der Waals surface area contributed by atoms with Gasteiger partial charge in [-0.2, -0.15) is 0 Å². The Morgan fingerprint density at radius 1 is 1.04 bits per heavy atom. The molecule has 136 valence electrons. The van der Waals surface area contributed by atoms with Crippen molar-refractivity contribution in [2.75, 3.05) is 4.90 Å². The zero-order valence-electron chi connectivity index (χ0n) is 15.4. The second-order valence-corrected chi connectivity index (χ2v) is 6.80. The van der Waals surface area contributed by atoms with E-state index in [1.807, 2.05) is 48.9 Å². The summed E-state index contributed by atoms with van der Waals surface area (Å²) < 4.78 is 15.4. The summed E-state index contributed by atoms with van der Waals surface area (Å²) >= 11 is 0. The minimum Gasteiger partial charge on any atom is -0.348 e. The number of aromatic nitrogens is 1. The maximum Gasteiger partial charge on any atom is 0.261 e. The highest BCUT2D eigenvalue weighted by Gasteiger charge is 2.44. The molecule has 0 N–H and O–H groups in total. The van der Waals surface area contributed by atoms with Crippen molar-refractivity contribution >= 4 is 17.4 Å². The molecule has 0 bridgehead atoms. The van der Waals surface area contributed by atoms with Crippen LogP contribution in [-0.4, -0.2) is 16.3 Å². The molecule has 1 aliphatic heterocycles. The van der Waals surface area contributed by atoms with Crippen molar-refractivity contribution in [3.05, 3.63) is 88.5 Å². The van der Waals surface area contributed by atoms with Gasteiger partial charge in [0.15, 0.2) is 5.78 Å². The molecule has 0 spiro atoms. The third-order valence-corrected chi connectivity index (χ3v) is 5.25. The molecule has 1 amide bonds. The van der Waals surface area contributed by atoms with Crippen LogP contribution in [0.2, 0.25) is 0 Å². The molecular weight excluding hydrogens is 343 g/mol. The lowest BCUT2D eigenvalue weighted by molar-refractivity contribution is 0.0970. The number of fused-ring (bicyclic) bond motifs is 1. The van der Waals surface area contributed by atoms with E-state index < -0.39 is 0 Å². The third-order valence-electron chi connectivity index (χ3n) is 5.25. The van der Waals surface area contributed by atoms with Crippen molar-refractivity contribution < 1.29 is 14.0 Å². The van der Waals surface area contributed by atoms with E-state index in [9.17, 15) is 14.0 Å². The molecule has 0 saturated heterocycles. The van der Waals surface area contributed by atoms with Gasteiger partial charge in [0.2, 0.25) is 0 Å². The SMILES string of the molecule is CC(=O)c1c2c(n(C)c1C)C(c1ccccc1)N(c1ccc(F)cc1)C2=O. The first-order chi connectivity index (χ1) is 12.9. The Bertz CT molecular complexity index is 1050. The Kier molecular flexibility index (Phi) is 3.95. The molecule has 0 saturated carbocycles. The van der Waals surface area contributed by atoms with Gasteiger partial charge in [-0.1, -0.05) is 30.3 Å². The number of hydrogen-bond acceptors (Lipinski definition) is 2. The first kappa shape index (κ1) is 17.2. The highest BCUT2D eigenvalue weighted by Crippen LogP contribution is 2.44. The Balaban J connectivity index is 2.00. The monoisotopic (exact) mass is 362 g/mol. The van der Waals surface area contributed by atoms with Crippen LogP contribution in [0.15, 0.2) is 54.6 Å². The fourth-order valence-corrected chi connectivity index (χ4v) is 3.96. The third kappa shape index (κ3) is 2.50. The quantitative estimate of drug-likeness (QED) is 0.647. The number of nitrogens with zero attached hydrogens (tertiary/aromatic N) is 2. The average Bonchev–Trinajstić information content (AvgIpc) is 3.09. The molecule has 1 aliphatic rings. The summed E-state index contributed by atoms with van der Waals surface area (Å²) in [6.07, 6.45) is 0. The highest BCUT2D eigenvalue weighted by molar-refractivity contribution is 6.18. The minimum absolute atomic E-state index is 0.134. The van der Waals surface area contributed by atoms with Crippen LogP contribution < -0.4 is 4.90 Å². The molecule has 0 radical (unpaired) electrons. The standard InChI is InChI=1S/C22H19FN2O2/c1-13-18(14(2)26)19-21(24(13)3)20(15-7-5-4-6-8-15)25(22(19)27)17-11-9-16(23)10-12-17/h4-12,20H,1-3H3. The molecule has 27 heavy (non-hydrogen) atoms. The van der Waals surface area contributed by atoms with Gasteiger partial charge in [-0.05, 0) is 43.7 Å². The van der Waals surface area contributed by atoms with Crippen LogP contribution in [0, 0.1) is 12.7 Å². The van der Waals surface area contributed by atoms with Crippen molar-refractivity contribution in [3.8, 4) is 0 Å². The highest BCUT2D eigenvalue weighted by atomic mass is 19.1. The molecule has 0 fully saturated rings. The Labute approximate surface area is 156 Å². The Hall–Kier alpha value is -3.21. The van der Waals surface area contributed by atoms with E-state index in [2.05, 4.69) is 0 Å². The van der Waals surface area contributed by atoms with Gasteiger partial charge in [0.05, 0.1) is 16.8 Å². The second kappa shape index (κ2) is 6.20. The molecule has 1 atom stereocenters. The summed E-state index contributed by atoms with van der Waals surface area (Å²) in [6.45, 7) is 3.33. The van der Waals surface area contributed by atoms with Crippen molar-refractivity contribution in [1.82, 2.24) is 4.57 Å². The fourth-order valence-electron chi connectivity index (χ4n) is 3.96. The van der Waals surface area contributed by atoms with E-state index in [0.29, 0.717) is 16.8 Å². The van der Waals surface area contributed by atoms with E-state index in [-0.39, 0.29) is 23.5 Å². The van der Waals surface area contributed by atoms with Crippen LogP contribution in [0.25, 0.3) is 0 Å². The molecule has 2 heterocycles. The van der Waals surface area contributed by atoms with Crippen LogP contribution >= 0.6 is 0 Å². The van der Waals surface area contributed by atoms with E-state index in [0.717, 1.165) is 17.0 Å². The lowest BCUT2D eigenvalue weighted by Crippen LogP contribution is -2.30. The number of anilines is 1. The van der Waals surface area contributed by atoms with Crippen LogP contribution in [0.3, 0.4) is 0 Å². The van der Waals surface area contributed by atoms with Gasteiger partial charge in [-0.15, -0.1) is 0 Å². The zero-order valence-corrected chi connectivity index (χ0v) is 15.4. The van der Waals surface area contributed by atoms with Crippen molar-refractivity contribution in [2.45, 2.75) is 19.9 Å². The number of ketones is 1. The zero-order chi connectivity index (χ0) is 19.3. The van der Waals surface area contributed by atoms with E-state index >= 15 is 0 Å². The number of hydrogen-bond donors (Lipinski definition) is 0. The summed E-state index contributed by atoms with van der Waals surface area (Å²) in [6, 6.07) is 15.2. The van der Waals surface area contributed by atoms with Crippen molar-refractivity contribution in [2.24, 2.45) is 7.05 Å². The summed E-state index contributed by atoms with van der Waals surface area (Å²) in [5.41, 5.74) is 4.01. The van der Waals surface area contributed by atoms with Gasteiger partial charge in [0.25, 0.3) is 5.91 Å². The van der Waals surface area contributed by atoms with Gasteiger partial charge in [-0.25, -0.2) is 4.39 Å². The molecule has 5 heteroatoms. The lowest BCUT2D eigenvalue weighted by atomic mass is 10.0. The van der Waals surface area contributed by atoms with Gasteiger partial charge in [0, 0.05) is 18.4 Å². The Morgan fingerprint density at radius 2 is 1.67 bits per heavy atom. The molecule has 1 aromatic heterocycles. The number of amides is 1. The maximum absolute atomic E-state index is 13.4. The minimum atomic E-state index is -0.379. The smallest absolute Gasteiger partial charge is 0.261 e. The molecule has 3 aromatic rings. The summed E-state index contributed by atoms with van der Waals surface area (Å²) in [5, 5.41) is 0. The van der Waals surface area contributed by atoms with Crippen LogP contribution in [0.1, 0.15) is 50.6 Å². The number of Topliss-reactive ketones (excluding diaryl/α,β-unsaturated/α-hetero) is 1. The van der Waals surface area contributed by atoms with Crippen molar-refractivity contribution in [3.63, 3.8) is 0 Å². The number of carbonyl (C=O) groups excluding carboxylic acids is 2. The topological polar surface area (TPSA) is 42.3 Å². The number of carbonyl (C=O) groups is 2. The average molecular weight is 362 g/mol. The molecule has 4 nitrogen and oxygen atoms in total. The fraction of sp³-hybridized carbons (Fsp3) is 0.182. The molecule has 1 unspecified atom stereocenters. The first-order valence-corrected chi connectivity index (χ1v) is 8.76. The normalized spacial score (nSPS) is 15.9. The maximum atomic E-state index is 13.4. The molecule has 2 aromatic carbocycles. The van der Waals surface area contributed by atoms with Gasteiger partial charge >= 0.3 is 0 Å².